The van der Waals surface area contributed by atoms with E-state index >= 15 is 0 Å². The second kappa shape index (κ2) is 6.35. The number of rotatable bonds is 6. The van der Waals surface area contributed by atoms with Crippen molar-refractivity contribution in [3.05, 3.63) is 0 Å². The fraction of sp³-hybridized carbons (Fsp3) is 0.923. The Morgan fingerprint density at radius 2 is 2.11 bits per heavy atom. The Bertz CT molecular complexity index is 304. The Morgan fingerprint density at radius 3 is 2.72 bits per heavy atom. The SMILES string of the molecule is CC1(C)CC(NOCCF)CC(C)(COC#N)C1. The molecular weight excluding hydrogens is 235 g/mol. The van der Waals surface area contributed by atoms with Crippen molar-refractivity contribution < 1.29 is 14.0 Å². The lowest BCUT2D eigenvalue weighted by atomic mass is 9.63. The molecule has 1 saturated carbocycles. The van der Waals surface area contributed by atoms with Crippen LogP contribution < -0.4 is 5.48 Å². The van der Waals surface area contributed by atoms with Crippen LogP contribution in [0.1, 0.15) is 40.0 Å². The number of ether oxygens (including phenoxy) is 1. The molecule has 1 aliphatic rings. The molecule has 0 aromatic carbocycles. The number of hydroxylamine groups is 1. The van der Waals surface area contributed by atoms with Crippen molar-refractivity contribution in [2.75, 3.05) is 19.9 Å². The van der Waals surface area contributed by atoms with E-state index < -0.39 is 6.67 Å². The van der Waals surface area contributed by atoms with Gasteiger partial charge in [0.1, 0.15) is 13.3 Å². The molecule has 0 amide bonds. The van der Waals surface area contributed by atoms with Crippen molar-refractivity contribution in [1.29, 1.82) is 5.26 Å². The highest BCUT2D eigenvalue weighted by Crippen LogP contribution is 2.46. The van der Waals surface area contributed by atoms with Crippen molar-refractivity contribution in [2.24, 2.45) is 10.8 Å². The highest BCUT2D eigenvalue weighted by atomic mass is 19.1. The summed E-state index contributed by atoms with van der Waals surface area (Å²) in [6, 6.07) is 0.174. The minimum absolute atomic E-state index is 0.0474. The predicted octanol–water partition coefficient (Wildman–Crippen LogP) is 2.56. The van der Waals surface area contributed by atoms with E-state index in [0.29, 0.717) is 6.61 Å². The first-order chi connectivity index (χ1) is 8.41. The molecule has 0 aromatic heterocycles. The molecule has 0 aliphatic heterocycles. The van der Waals surface area contributed by atoms with Crippen LogP contribution in [-0.4, -0.2) is 25.9 Å². The predicted molar refractivity (Wildman–Crippen MR) is 66.2 cm³/mol. The van der Waals surface area contributed by atoms with E-state index in [0.717, 1.165) is 19.3 Å². The lowest BCUT2D eigenvalue weighted by Gasteiger charge is -2.45. The lowest BCUT2D eigenvalue weighted by molar-refractivity contribution is -0.0506. The summed E-state index contributed by atoms with van der Waals surface area (Å²) in [6.07, 6.45) is 4.58. The number of nitriles is 1. The number of nitrogens with one attached hydrogen (secondary N) is 1. The molecule has 0 spiro atoms. The van der Waals surface area contributed by atoms with Crippen molar-refractivity contribution in [3.63, 3.8) is 0 Å². The number of hydrogen-bond acceptors (Lipinski definition) is 4. The highest BCUT2D eigenvalue weighted by molar-refractivity contribution is 4.93. The Balaban J connectivity index is 2.57. The van der Waals surface area contributed by atoms with Crippen LogP contribution in [-0.2, 0) is 9.57 Å². The van der Waals surface area contributed by atoms with Gasteiger partial charge in [0.15, 0.2) is 0 Å². The van der Waals surface area contributed by atoms with Gasteiger partial charge in [-0.3, -0.25) is 4.84 Å². The maximum absolute atomic E-state index is 12.0. The zero-order valence-electron chi connectivity index (χ0n) is 11.5. The van der Waals surface area contributed by atoms with Gasteiger partial charge < -0.3 is 4.74 Å². The van der Waals surface area contributed by atoms with Crippen LogP contribution in [0.25, 0.3) is 0 Å². The minimum Gasteiger partial charge on any atom is -0.427 e. The van der Waals surface area contributed by atoms with Gasteiger partial charge in [-0.1, -0.05) is 20.8 Å². The topological polar surface area (TPSA) is 54.3 Å². The normalized spacial score (nSPS) is 30.7. The van der Waals surface area contributed by atoms with E-state index in [9.17, 15) is 4.39 Å². The van der Waals surface area contributed by atoms with Gasteiger partial charge in [-0.2, -0.15) is 10.7 Å². The van der Waals surface area contributed by atoms with E-state index in [4.69, 9.17) is 14.8 Å². The third-order valence-electron chi connectivity index (χ3n) is 3.36. The fourth-order valence-corrected chi connectivity index (χ4v) is 3.25. The van der Waals surface area contributed by atoms with Crippen molar-refractivity contribution in [2.45, 2.75) is 46.1 Å². The summed E-state index contributed by atoms with van der Waals surface area (Å²) in [5, 5.41) is 8.53. The summed E-state index contributed by atoms with van der Waals surface area (Å²) in [6.45, 7) is 6.52. The van der Waals surface area contributed by atoms with Gasteiger partial charge in [0.2, 0.25) is 0 Å². The molecule has 1 N–H and O–H groups in total. The molecule has 0 radical (unpaired) electrons. The first-order valence-corrected chi connectivity index (χ1v) is 6.35. The second-order valence-corrected chi connectivity index (χ2v) is 6.29. The molecule has 18 heavy (non-hydrogen) atoms. The van der Waals surface area contributed by atoms with Crippen LogP contribution in [0.4, 0.5) is 4.39 Å². The van der Waals surface area contributed by atoms with Gasteiger partial charge in [0.05, 0.1) is 6.61 Å². The van der Waals surface area contributed by atoms with Gasteiger partial charge in [-0.05, 0) is 24.7 Å². The van der Waals surface area contributed by atoms with Crippen molar-refractivity contribution >= 4 is 0 Å². The summed E-state index contributed by atoms with van der Waals surface area (Å²) in [7, 11) is 0. The molecule has 104 valence electrons. The zero-order valence-corrected chi connectivity index (χ0v) is 11.5. The Kier molecular flexibility index (Phi) is 5.36. The minimum atomic E-state index is -0.488. The Labute approximate surface area is 108 Å². The van der Waals surface area contributed by atoms with Crippen LogP contribution in [0.15, 0.2) is 0 Å². The molecule has 4 nitrogen and oxygen atoms in total. The molecule has 2 unspecified atom stereocenters. The highest BCUT2D eigenvalue weighted by Gasteiger charge is 2.42. The van der Waals surface area contributed by atoms with Crippen molar-refractivity contribution in [3.8, 4) is 6.26 Å². The number of alkyl halides is 1. The smallest absolute Gasteiger partial charge is 0.286 e. The summed E-state index contributed by atoms with van der Waals surface area (Å²) in [5.41, 5.74) is 3.04. The molecule has 0 bridgehead atoms. The van der Waals surface area contributed by atoms with Crippen LogP contribution in [0.3, 0.4) is 0 Å². The molecule has 0 heterocycles. The number of hydrogen-bond donors (Lipinski definition) is 1. The zero-order chi connectivity index (χ0) is 13.6. The van der Waals surface area contributed by atoms with E-state index in [1.165, 1.54) is 0 Å². The molecule has 1 rings (SSSR count). The van der Waals surface area contributed by atoms with Crippen LogP contribution >= 0.6 is 0 Å². The molecular formula is C13H23FN2O2. The molecule has 1 fully saturated rings. The summed E-state index contributed by atoms with van der Waals surface area (Å²) in [5.74, 6) is 0. The third kappa shape index (κ3) is 4.79. The van der Waals surface area contributed by atoms with Crippen LogP contribution in [0.2, 0.25) is 0 Å². The van der Waals surface area contributed by atoms with E-state index in [1.54, 1.807) is 6.26 Å². The summed E-state index contributed by atoms with van der Waals surface area (Å²) < 4.78 is 16.9. The summed E-state index contributed by atoms with van der Waals surface area (Å²) in [4.78, 5) is 5.08. The van der Waals surface area contributed by atoms with Gasteiger partial charge in [0.25, 0.3) is 6.26 Å². The molecule has 2 atom stereocenters. The summed E-state index contributed by atoms with van der Waals surface area (Å²) >= 11 is 0. The molecule has 1 aliphatic carbocycles. The maximum Gasteiger partial charge on any atom is 0.286 e. The Morgan fingerprint density at radius 1 is 1.39 bits per heavy atom. The van der Waals surface area contributed by atoms with Crippen LogP contribution in [0.5, 0.6) is 0 Å². The van der Waals surface area contributed by atoms with Crippen molar-refractivity contribution in [1.82, 2.24) is 5.48 Å². The van der Waals surface area contributed by atoms with Gasteiger partial charge in [-0.25, -0.2) is 4.39 Å². The van der Waals surface area contributed by atoms with Gasteiger partial charge >= 0.3 is 0 Å². The lowest BCUT2D eigenvalue weighted by Crippen LogP contribution is -2.46. The number of halogens is 1. The standard InChI is InChI=1S/C13H23FN2O2/c1-12(2)6-11(16-18-5-4-14)7-13(3,8-12)9-17-10-15/h11,16H,4-9H2,1-3H3. The third-order valence-corrected chi connectivity index (χ3v) is 3.36. The molecule has 5 heteroatoms. The largest absolute Gasteiger partial charge is 0.427 e. The van der Waals surface area contributed by atoms with Gasteiger partial charge in [0, 0.05) is 11.5 Å². The van der Waals surface area contributed by atoms with Crippen LogP contribution in [0, 0.1) is 22.3 Å². The average Bonchev–Trinajstić information content (AvgIpc) is 2.24. The second-order valence-electron chi connectivity index (χ2n) is 6.29. The van der Waals surface area contributed by atoms with E-state index in [2.05, 4.69) is 26.3 Å². The molecule has 0 aromatic rings. The van der Waals surface area contributed by atoms with E-state index in [1.807, 2.05) is 0 Å². The maximum atomic E-state index is 12.0. The number of nitrogens with zero attached hydrogens (tertiary/aromatic N) is 1. The monoisotopic (exact) mass is 258 g/mol. The van der Waals surface area contributed by atoms with E-state index in [-0.39, 0.29) is 23.5 Å². The average molecular weight is 258 g/mol. The quantitative estimate of drug-likeness (QED) is 0.452. The first-order valence-electron chi connectivity index (χ1n) is 6.35. The molecule has 0 saturated heterocycles. The van der Waals surface area contributed by atoms with Gasteiger partial charge in [-0.15, -0.1) is 0 Å². The Hall–Kier alpha value is -0.860. The fourth-order valence-electron chi connectivity index (χ4n) is 3.25. The first kappa shape index (κ1) is 15.2.